The van der Waals surface area contributed by atoms with Crippen molar-refractivity contribution < 1.29 is 9.53 Å². The van der Waals surface area contributed by atoms with Crippen LogP contribution in [-0.2, 0) is 6.54 Å². The molecule has 0 saturated heterocycles. The predicted octanol–water partition coefficient (Wildman–Crippen LogP) is 2.45. The molecule has 0 aliphatic carbocycles. The van der Waals surface area contributed by atoms with Crippen molar-refractivity contribution in [1.29, 1.82) is 0 Å². The molecule has 0 aliphatic heterocycles. The second-order valence-electron chi connectivity index (χ2n) is 5.00. The fourth-order valence-electron chi connectivity index (χ4n) is 2.40. The van der Waals surface area contributed by atoms with Crippen LogP contribution in [0, 0.1) is 0 Å². The minimum Gasteiger partial charge on any atom is -0.497 e. The molecule has 0 atom stereocenters. The zero-order valence-corrected chi connectivity index (χ0v) is 12.5. The number of aromatic nitrogens is 2. The van der Waals surface area contributed by atoms with Crippen molar-refractivity contribution in [2.45, 2.75) is 6.54 Å². The summed E-state index contributed by atoms with van der Waals surface area (Å²) in [4.78, 5) is 15.9. The highest BCUT2D eigenvalue weighted by molar-refractivity contribution is 5.93. The highest BCUT2D eigenvalue weighted by atomic mass is 16.5. The number of nitrogens with one attached hydrogen (secondary N) is 1. The minimum absolute atomic E-state index is 0.0771. The van der Waals surface area contributed by atoms with Gasteiger partial charge < -0.3 is 14.6 Å². The minimum atomic E-state index is -0.0771. The summed E-state index contributed by atoms with van der Waals surface area (Å²) in [6.07, 6.45) is 1.82. The summed E-state index contributed by atoms with van der Waals surface area (Å²) in [5.74, 6) is 0.722. The quantitative estimate of drug-likeness (QED) is 0.804. The van der Waals surface area contributed by atoms with E-state index >= 15 is 0 Å². The normalized spacial score (nSPS) is 10.6. The largest absolute Gasteiger partial charge is 0.497 e. The second-order valence-corrected chi connectivity index (χ2v) is 5.00. The van der Waals surface area contributed by atoms with Gasteiger partial charge in [-0.3, -0.25) is 4.79 Å². The Labute approximate surface area is 128 Å². The first kappa shape index (κ1) is 14.1. The fourth-order valence-corrected chi connectivity index (χ4v) is 2.40. The lowest BCUT2D eigenvalue weighted by Gasteiger charge is -2.06. The van der Waals surface area contributed by atoms with Gasteiger partial charge in [-0.05, 0) is 29.8 Å². The van der Waals surface area contributed by atoms with Crippen molar-refractivity contribution in [3.8, 4) is 5.75 Å². The molecule has 0 saturated carbocycles. The summed E-state index contributed by atoms with van der Waals surface area (Å²) < 4.78 is 7.28. The molecular weight excluding hydrogens is 278 g/mol. The molecule has 2 aromatic carbocycles. The van der Waals surface area contributed by atoms with Crippen LogP contribution in [0.1, 0.15) is 15.9 Å². The van der Waals surface area contributed by atoms with Gasteiger partial charge in [0.1, 0.15) is 5.75 Å². The third kappa shape index (κ3) is 2.65. The van der Waals surface area contributed by atoms with Gasteiger partial charge in [0.05, 0.1) is 24.5 Å². The molecule has 0 spiro atoms. The SMILES string of the molecule is CNC(=O)c1ccc(Cn2cnc3cc(OC)ccc32)cc1. The van der Waals surface area contributed by atoms with Gasteiger partial charge >= 0.3 is 0 Å². The number of carbonyl (C=O) groups excluding carboxylic acids is 1. The summed E-state index contributed by atoms with van der Waals surface area (Å²) >= 11 is 0. The van der Waals surface area contributed by atoms with Crippen LogP contribution in [0.2, 0.25) is 0 Å². The molecule has 5 heteroatoms. The van der Waals surface area contributed by atoms with Crippen molar-refractivity contribution in [2.24, 2.45) is 0 Å². The smallest absolute Gasteiger partial charge is 0.251 e. The number of nitrogens with zero attached hydrogens (tertiary/aromatic N) is 2. The van der Waals surface area contributed by atoms with Crippen LogP contribution in [0.4, 0.5) is 0 Å². The topological polar surface area (TPSA) is 56.2 Å². The van der Waals surface area contributed by atoms with E-state index in [1.54, 1.807) is 14.2 Å². The maximum Gasteiger partial charge on any atom is 0.251 e. The Morgan fingerprint density at radius 3 is 2.68 bits per heavy atom. The first-order chi connectivity index (χ1) is 10.7. The van der Waals surface area contributed by atoms with Crippen molar-refractivity contribution in [3.05, 3.63) is 59.9 Å². The molecule has 0 radical (unpaired) electrons. The average molecular weight is 295 g/mol. The Kier molecular flexibility index (Phi) is 3.78. The van der Waals surface area contributed by atoms with Crippen molar-refractivity contribution in [2.75, 3.05) is 14.2 Å². The van der Waals surface area contributed by atoms with E-state index in [1.807, 2.05) is 48.8 Å². The third-order valence-corrected chi connectivity index (χ3v) is 3.62. The van der Waals surface area contributed by atoms with Crippen LogP contribution >= 0.6 is 0 Å². The number of imidazole rings is 1. The van der Waals surface area contributed by atoms with Crippen LogP contribution in [0.3, 0.4) is 0 Å². The van der Waals surface area contributed by atoms with Gasteiger partial charge in [0, 0.05) is 25.2 Å². The highest BCUT2D eigenvalue weighted by Gasteiger charge is 2.06. The Balaban J connectivity index is 1.85. The van der Waals surface area contributed by atoms with Crippen molar-refractivity contribution in [1.82, 2.24) is 14.9 Å². The third-order valence-electron chi connectivity index (χ3n) is 3.62. The van der Waals surface area contributed by atoms with Crippen LogP contribution in [-0.4, -0.2) is 29.6 Å². The molecule has 22 heavy (non-hydrogen) atoms. The van der Waals surface area contributed by atoms with E-state index in [-0.39, 0.29) is 5.91 Å². The van der Waals surface area contributed by atoms with Crippen molar-refractivity contribution >= 4 is 16.9 Å². The predicted molar refractivity (Wildman–Crippen MR) is 85.2 cm³/mol. The molecule has 1 N–H and O–H groups in total. The maximum absolute atomic E-state index is 11.5. The number of rotatable bonds is 4. The fraction of sp³-hybridized carbons (Fsp3) is 0.176. The zero-order valence-electron chi connectivity index (χ0n) is 12.5. The number of benzene rings is 2. The lowest BCUT2D eigenvalue weighted by atomic mass is 10.1. The molecule has 1 aromatic heterocycles. The van der Waals surface area contributed by atoms with E-state index in [0.717, 1.165) is 22.3 Å². The Morgan fingerprint density at radius 1 is 1.23 bits per heavy atom. The first-order valence-corrected chi connectivity index (χ1v) is 7.01. The number of ether oxygens (including phenoxy) is 1. The summed E-state index contributed by atoms with van der Waals surface area (Å²) in [5.41, 5.74) is 3.73. The molecule has 0 aliphatic rings. The van der Waals surface area contributed by atoms with Crippen LogP contribution in [0.15, 0.2) is 48.8 Å². The molecule has 3 rings (SSSR count). The van der Waals surface area contributed by atoms with E-state index in [2.05, 4.69) is 14.9 Å². The Hall–Kier alpha value is -2.82. The van der Waals surface area contributed by atoms with E-state index in [9.17, 15) is 4.79 Å². The summed E-state index contributed by atoms with van der Waals surface area (Å²) in [6, 6.07) is 13.4. The van der Waals surface area contributed by atoms with Gasteiger partial charge in [-0.1, -0.05) is 12.1 Å². The van der Waals surface area contributed by atoms with Gasteiger partial charge in [-0.15, -0.1) is 0 Å². The number of amides is 1. The van der Waals surface area contributed by atoms with Crippen molar-refractivity contribution in [3.63, 3.8) is 0 Å². The lowest BCUT2D eigenvalue weighted by molar-refractivity contribution is 0.0963. The van der Waals surface area contributed by atoms with Crippen LogP contribution in [0.5, 0.6) is 5.75 Å². The van der Waals surface area contributed by atoms with Gasteiger partial charge in [0.2, 0.25) is 0 Å². The summed E-state index contributed by atoms with van der Waals surface area (Å²) in [7, 11) is 3.27. The number of fused-ring (bicyclic) bond motifs is 1. The zero-order chi connectivity index (χ0) is 15.5. The first-order valence-electron chi connectivity index (χ1n) is 7.01. The molecule has 112 valence electrons. The second kappa shape index (κ2) is 5.89. The van der Waals surface area contributed by atoms with E-state index < -0.39 is 0 Å². The van der Waals surface area contributed by atoms with Gasteiger partial charge in [-0.2, -0.15) is 0 Å². The Bertz CT molecular complexity index is 806. The van der Waals surface area contributed by atoms with Crippen LogP contribution in [0.25, 0.3) is 11.0 Å². The molecular formula is C17H17N3O2. The number of carbonyl (C=O) groups is 1. The standard InChI is InChI=1S/C17H17N3O2/c1-18-17(21)13-5-3-12(4-6-13)10-20-11-19-15-9-14(22-2)7-8-16(15)20/h3-9,11H,10H2,1-2H3,(H,18,21). The van der Waals surface area contributed by atoms with Crippen LogP contribution < -0.4 is 10.1 Å². The maximum atomic E-state index is 11.5. The summed E-state index contributed by atoms with van der Waals surface area (Å²) in [5, 5.41) is 2.62. The number of hydrogen-bond acceptors (Lipinski definition) is 3. The number of methoxy groups -OCH3 is 1. The van der Waals surface area contributed by atoms with E-state index in [0.29, 0.717) is 12.1 Å². The molecule has 1 heterocycles. The van der Waals surface area contributed by atoms with Gasteiger partial charge in [0.15, 0.2) is 0 Å². The summed E-state index contributed by atoms with van der Waals surface area (Å²) in [6.45, 7) is 0.705. The molecule has 3 aromatic rings. The monoisotopic (exact) mass is 295 g/mol. The number of hydrogen-bond donors (Lipinski definition) is 1. The average Bonchev–Trinajstić information content (AvgIpc) is 2.97. The lowest BCUT2D eigenvalue weighted by Crippen LogP contribution is -2.17. The molecule has 0 bridgehead atoms. The highest BCUT2D eigenvalue weighted by Crippen LogP contribution is 2.20. The van der Waals surface area contributed by atoms with E-state index in [4.69, 9.17) is 4.74 Å². The van der Waals surface area contributed by atoms with Gasteiger partial charge in [0.25, 0.3) is 5.91 Å². The molecule has 5 nitrogen and oxygen atoms in total. The Morgan fingerprint density at radius 2 is 2.00 bits per heavy atom. The van der Waals surface area contributed by atoms with Gasteiger partial charge in [-0.25, -0.2) is 4.98 Å². The molecule has 1 amide bonds. The van der Waals surface area contributed by atoms with E-state index in [1.165, 1.54) is 0 Å². The molecule has 0 fully saturated rings. The molecule has 0 unspecified atom stereocenters.